The summed E-state index contributed by atoms with van der Waals surface area (Å²) < 4.78 is 0. The number of hydrogen-bond acceptors (Lipinski definition) is 1. The summed E-state index contributed by atoms with van der Waals surface area (Å²) in [5.74, 6) is -0.879. The lowest BCUT2D eigenvalue weighted by molar-refractivity contribution is 0.0697. The highest BCUT2D eigenvalue weighted by atomic mass is 16.4. The average Bonchev–Trinajstić information content (AvgIpc) is 2.25. The number of benzene rings is 1. The molecule has 70 valence electrons. The first kappa shape index (κ1) is 13.7. The van der Waals surface area contributed by atoms with E-state index in [-0.39, 0.29) is 0 Å². The van der Waals surface area contributed by atoms with Gasteiger partial charge in [-0.25, -0.2) is 4.79 Å². The summed E-state index contributed by atoms with van der Waals surface area (Å²) in [6.45, 7) is 12.0. The quantitative estimate of drug-likeness (QED) is 0.671. The first-order valence-electron chi connectivity index (χ1n) is 3.59. The molecule has 0 heterocycles. The summed E-state index contributed by atoms with van der Waals surface area (Å²) in [6.07, 6.45) is 0. The highest BCUT2D eigenvalue weighted by Crippen LogP contribution is 1.96. The first-order valence-corrected chi connectivity index (χ1v) is 3.59. The minimum atomic E-state index is -0.879. The van der Waals surface area contributed by atoms with Crippen LogP contribution in [0.15, 0.2) is 56.6 Å². The summed E-state index contributed by atoms with van der Waals surface area (Å²) in [6, 6.07) is 8.30. The number of carboxylic acid groups (broad SMARTS) is 1. The normalized spacial score (nSPS) is 6.77. The van der Waals surface area contributed by atoms with Crippen molar-refractivity contribution in [2.24, 2.45) is 0 Å². The maximum absolute atomic E-state index is 10.2. The lowest BCUT2D eigenvalue weighted by Gasteiger charge is -1.88. The molecule has 13 heavy (non-hydrogen) atoms. The van der Waals surface area contributed by atoms with Crippen LogP contribution in [0.25, 0.3) is 0 Å². The fraction of sp³-hybridized carbons (Fsp3) is 0. The van der Waals surface area contributed by atoms with Gasteiger partial charge in [0, 0.05) is 0 Å². The van der Waals surface area contributed by atoms with E-state index >= 15 is 0 Å². The van der Waals surface area contributed by atoms with Crippen molar-refractivity contribution in [3.8, 4) is 0 Å². The van der Waals surface area contributed by atoms with Crippen LogP contribution in [0.1, 0.15) is 10.4 Å². The third kappa shape index (κ3) is 6.56. The van der Waals surface area contributed by atoms with Crippen molar-refractivity contribution in [1.82, 2.24) is 0 Å². The summed E-state index contributed by atoms with van der Waals surface area (Å²) in [5, 5.41) is 8.38. The van der Waals surface area contributed by atoms with Crippen LogP contribution < -0.4 is 0 Å². The van der Waals surface area contributed by atoms with E-state index in [1.54, 1.807) is 30.3 Å². The molecule has 0 amide bonds. The minimum absolute atomic E-state index is 0.331. The number of carbonyl (C=O) groups is 1. The molecule has 1 aromatic rings. The largest absolute Gasteiger partial charge is 0.478 e. The Kier molecular flexibility index (Phi) is 10.7. The van der Waals surface area contributed by atoms with Gasteiger partial charge in [-0.3, -0.25) is 0 Å². The Bertz CT molecular complexity index is 227. The first-order chi connectivity index (χ1) is 6.30. The molecule has 1 aromatic carbocycles. The van der Waals surface area contributed by atoms with Gasteiger partial charge >= 0.3 is 5.97 Å². The second-order valence-electron chi connectivity index (χ2n) is 1.67. The predicted octanol–water partition coefficient (Wildman–Crippen LogP) is 2.99. The lowest BCUT2D eigenvalue weighted by Crippen LogP contribution is -1.93. The molecule has 1 N–H and O–H groups in total. The Morgan fingerprint density at radius 1 is 1.00 bits per heavy atom. The summed E-state index contributed by atoms with van der Waals surface area (Å²) in [5.41, 5.74) is 0.331. The molecular weight excluding hydrogens is 164 g/mol. The van der Waals surface area contributed by atoms with Crippen LogP contribution in [0.5, 0.6) is 0 Å². The molecule has 0 aliphatic heterocycles. The Morgan fingerprint density at radius 3 is 1.62 bits per heavy atom. The third-order valence-corrected chi connectivity index (χ3v) is 1.02. The number of rotatable bonds is 1. The predicted molar refractivity (Wildman–Crippen MR) is 55.9 cm³/mol. The van der Waals surface area contributed by atoms with E-state index in [0.717, 1.165) is 0 Å². The third-order valence-electron chi connectivity index (χ3n) is 1.02. The van der Waals surface area contributed by atoms with Gasteiger partial charge in [-0.05, 0) is 12.1 Å². The standard InChI is InChI=1S/C7H6O2.2C2H4/c8-7(9)6-4-2-1-3-5-6;2*1-2/h1-5H,(H,8,9);2*1-2H2. The Labute approximate surface area is 78.8 Å². The van der Waals surface area contributed by atoms with Crippen molar-refractivity contribution >= 4 is 5.97 Å². The van der Waals surface area contributed by atoms with E-state index in [9.17, 15) is 4.79 Å². The number of hydrogen-bond donors (Lipinski definition) is 1. The molecule has 0 atom stereocenters. The van der Waals surface area contributed by atoms with Crippen LogP contribution in [0.4, 0.5) is 0 Å². The van der Waals surface area contributed by atoms with Gasteiger partial charge in [0.05, 0.1) is 5.56 Å². The van der Waals surface area contributed by atoms with E-state index in [0.29, 0.717) is 5.56 Å². The molecule has 0 fully saturated rings. The van der Waals surface area contributed by atoms with Crippen LogP contribution in [-0.2, 0) is 0 Å². The van der Waals surface area contributed by atoms with E-state index in [4.69, 9.17) is 5.11 Å². The SMILES string of the molecule is C=C.C=C.O=C(O)c1ccccc1. The highest BCUT2D eigenvalue weighted by molar-refractivity contribution is 5.87. The van der Waals surface area contributed by atoms with Gasteiger partial charge in [-0.15, -0.1) is 26.3 Å². The summed E-state index contributed by atoms with van der Waals surface area (Å²) in [7, 11) is 0. The average molecular weight is 178 g/mol. The maximum Gasteiger partial charge on any atom is 0.335 e. The molecule has 0 aliphatic rings. The van der Waals surface area contributed by atoms with Crippen molar-refractivity contribution in [2.75, 3.05) is 0 Å². The molecule has 2 heteroatoms. The Hall–Kier alpha value is -1.83. The van der Waals surface area contributed by atoms with Crippen molar-refractivity contribution in [3.05, 3.63) is 62.2 Å². The van der Waals surface area contributed by atoms with Crippen molar-refractivity contribution in [1.29, 1.82) is 0 Å². The zero-order chi connectivity index (χ0) is 10.7. The molecule has 0 aliphatic carbocycles. The van der Waals surface area contributed by atoms with Crippen LogP contribution in [-0.4, -0.2) is 11.1 Å². The minimum Gasteiger partial charge on any atom is -0.478 e. The fourth-order valence-corrected chi connectivity index (χ4v) is 0.581. The molecule has 0 saturated carbocycles. The second-order valence-corrected chi connectivity index (χ2v) is 1.67. The molecule has 1 rings (SSSR count). The Balaban J connectivity index is 0. The molecule has 0 unspecified atom stereocenters. The summed E-state index contributed by atoms with van der Waals surface area (Å²) >= 11 is 0. The smallest absolute Gasteiger partial charge is 0.335 e. The lowest BCUT2D eigenvalue weighted by atomic mass is 10.2. The number of carboxylic acids is 1. The van der Waals surface area contributed by atoms with E-state index < -0.39 is 5.97 Å². The van der Waals surface area contributed by atoms with Crippen molar-refractivity contribution < 1.29 is 9.90 Å². The molecule has 0 radical (unpaired) electrons. The zero-order valence-corrected chi connectivity index (χ0v) is 7.57. The molecule has 0 aromatic heterocycles. The van der Waals surface area contributed by atoms with Gasteiger partial charge in [0.15, 0.2) is 0 Å². The van der Waals surface area contributed by atoms with Gasteiger partial charge < -0.3 is 5.11 Å². The molecule has 0 spiro atoms. The van der Waals surface area contributed by atoms with Gasteiger partial charge in [0.2, 0.25) is 0 Å². The summed E-state index contributed by atoms with van der Waals surface area (Å²) in [4.78, 5) is 10.2. The molecular formula is C11H14O2. The van der Waals surface area contributed by atoms with E-state index in [2.05, 4.69) is 26.3 Å². The number of aromatic carboxylic acids is 1. The Morgan fingerprint density at radius 2 is 1.38 bits per heavy atom. The second kappa shape index (κ2) is 10.2. The van der Waals surface area contributed by atoms with Gasteiger partial charge in [-0.2, -0.15) is 0 Å². The fourth-order valence-electron chi connectivity index (χ4n) is 0.581. The van der Waals surface area contributed by atoms with Crippen LogP contribution in [0, 0.1) is 0 Å². The van der Waals surface area contributed by atoms with E-state index in [1.807, 2.05) is 0 Å². The van der Waals surface area contributed by atoms with Gasteiger partial charge in [-0.1, -0.05) is 18.2 Å². The van der Waals surface area contributed by atoms with E-state index in [1.165, 1.54) is 0 Å². The zero-order valence-electron chi connectivity index (χ0n) is 7.57. The van der Waals surface area contributed by atoms with Crippen LogP contribution in [0.3, 0.4) is 0 Å². The van der Waals surface area contributed by atoms with Crippen LogP contribution in [0.2, 0.25) is 0 Å². The van der Waals surface area contributed by atoms with Crippen molar-refractivity contribution in [2.45, 2.75) is 0 Å². The molecule has 0 saturated heterocycles. The topological polar surface area (TPSA) is 37.3 Å². The van der Waals surface area contributed by atoms with Crippen molar-refractivity contribution in [3.63, 3.8) is 0 Å². The van der Waals surface area contributed by atoms with Crippen LogP contribution >= 0.6 is 0 Å². The molecule has 2 nitrogen and oxygen atoms in total. The van der Waals surface area contributed by atoms with Gasteiger partial charge in [0.1, 0.15) is 0 Å². The van der Waals surface area contributed by atoms with Gasteiger partial charge in [0.25, 0.3) is 0 Å². The highest BCUT2D eigenvalue weighted by Gasteiger charge is 1.96. The molecule has 0 bridgehead atoms. The monoisotopic (exact) mass is 178 g/mol. The maximum atomic E-state index is 10.2.